The van der Waals surface area contributed by atoms with Gasteiger partial charge in [0.25, 0.3) is 5.56 Å². The Hall–Kier alpha value is -1.61. The Balaban J connectivity index is 2.79. The Morgan fingerprint density at radius 3 is 2.60 bits per heavy atom. The summed E-state index contributed by atoms with van der Waals surface area (Å²) in [4.78, 5) is 14.6. The quantitative estimate of drug-likeness (QED) is 0.739. The normalized spacial score (nSPS) is 11.9. The zero-order chi connectivity index (χ0) is 11.1. The highest BCUT2D eigenvalue weighted by Crippen LogP contribution is 2.17. The third-order valence-electron chi connectivity index (χ3n) is 2.45. The fraction of sp³-hybridized carbons (Fsp3) is 0.250. The van der Waals surface area contributed by atoms with Crippen molar-refractivity contribution < 1.29 is 0 Å². The average molecular weight is 202 g/mol. The van der Waals surface area contributed by atoms with E-state index in [1.807, 2.05) is 44.2 Å². The number of aromatic amines is 1. The first kappa shape index (κ1) is 9.93. The molecule has 0 amide bonds. The molecule has 2 aromatic rings. The van der Waals surface area contributed by atoms with Crippen LogP contribution >= 0.6 is 0 Å². The molecule has 0 saturated heterocycles. The fourth-order valence-corrected chi connectivity index (χ4v) is 1.63. The number of nitrogens with one attached hydrogen (secondary N) is 1. The van der Waals surface area contributed by atoms with Gasteiger partial charge in [0.05, 0.1) is 0 Å². The van der Waals surface area contributed by atoms with Crippen molar-refractivity contribution in [1.82, 2.24) is 4.98 Å². The van der Waals surface area contributed by atoms with E-state index >= 15 is 0 Å². The molecule has 3 N–H and O–H groups in total. The maximum Gasteiger partial charge on any atom is 0.253 e. The second-order valence-electron chi connectivity index (χ2n) is 4.32. The minimum atomic E-state index is -0.613. The first-order valence-corrected chi connectivity index (χ1v) is 4.90. The second-order valence-corrected chi connectivity index (χ2v) is 4.32. The lowest BCUT2D eigenvalue weighted by atomic mass is 9.96. The molecule has 3 heteroatoms. The first-order chi connectivity index (χ1) is 6.98. The smallest absolute Gasteiger partial charge is 0.253 e. The molecule has 0 radical (unpaired) electrons. The van der Waals surface area contributed by atoms with Crippen LogP contribution in [-0.2, 0) is 5.54 Å². The molecule has 0 spiro atoms. The van der Waals surface area contributed by atoms with Gasteiger partial charge >= 0.3 is 0 Å². The summed E-state index contributed by atoms with van der Waals surface area (Å²) in [6.45, 7) is 3.65. The van der Waals surface area contributed by atoms with Gasteiger partial charge in [0.15, 0.2) is 0 Å². The lowest BCUT2D eigenvalue weighted by Crippen LogP contribution is -2.35. The van der Waals surface area contributed by atoms with Gasteiger partial charge in [0.1, 0.15) is 0 Å². The molecule has 0 atom stereocenters. The van der Waals surface area contributed by atoms with E-state index in [-0.39, 0.29) is 5.56 Å². The van der Waals surface area contributed by atoms with Crippen LogP contribution in [0, 0.1) is 0 Å². The van der Waals surface area contributed by atoms with Gasteiger partial charge in [-0.25, -0.2) is 0 Å². The Morgan fingerprint density at radius 2 is 1.93 bits per heavy atom. The van der Waals surface area contributed by atoms with E-state index in [9.17, 15) is 4.79 Å². The van der Waals surface area contributed by atoms with Crippen LogP contribution in [0.1, 0.15) is 19.4 Å². The van der Waals surface area contributed by atoms with Crippen molar-refractivity contribution in [2.75, 3.05) is 0 Å². The second kappa shape index (κ2) is 3.21. The molecule has 15 heavy (non-hydrogen) atoms. The van der Waals surface area contributed by atoms with E-state index < -0.39 is 5.54 Å². The van der Waals surface area contributed by atoms with Crippen molar-refractivity contribution in [3.05, 3.63) is 46.2 Å². The standard InChI is InChI=1S/C12H14N2O/c1-12(2,13)9-7-8-5-3-4-6-10(8)14-11(9)15/h3-7H,13H2,1-2H3,(H,14,15). The number of fused-ring (bicyclic) bond motifs is 1. The number of hydrogen-bond acceptors (Lipinski definition) is 2. The molecule has 3 nitrogen and oxygen atoms in total. The highest BCUT2D eigenvalue weighted by Gasteiger charge is 2.18. The van der Waals surface area contributed by atoms with Gasteiger partial charge in [-0.2, -0.15) is 0 Å². The molecule has 0 unspecified atom stereocenters. The Labute approximate surface area is 87.9 Å². The van der Waals surface area contributed by atoms with E-state index in [4.69, 9.17) is 5.73 Å². The summed E-state index contributed by atoms with van der Waals surface area (Å²) in [7, 11) is 0. The predicted molar refractivity (Wildman–Crippen MR) is 61.8 cm³/mol. The van der Waals surface area contributed by atoms with Crippen molar-refractivity contribution in [3.63, 3.8) is 0 Å². The zero-order valence-corrected chi connectivity index (χ0v) is 8.87. The van der Waals surface area contributed by atoms with E-state index in [1.165, 1.54) is 0 Å². The van der Waals surface area contributed by atoms with Gasteiger partial charge < -0.3 is 10.7 Å². The lowest BCUT2D eigenvalue weighted by molar-refractivity contribution is 0.548. The largest absolute Gasteiger partial charge is 0.322 e. The number of benzene rings is 1. The molecule has 1 aromatic carbocycles. The molecular weight excluding hydrogens is 188 g/mol. The van der Waals surface area contributed by atoms with Crippen LogP contribution in [0.4, 0.5) is 0 Å². The average Bonchev–Trinajstić information content (AvgIpc) is 2.15. The van der Waals surface area contributed by atoms with Gasteiger partial charge in [-0.05, 0) is 31.4 Å². The summed E-state index contributed by atoms with van der Waals surface area (Å²) in [5, 5.41) is 1.01. The summed E-state index contributed by atoms with van der Waals surface area (Å²) < 4.78 is 0. The van der Waals surface area contributed by atoms with Crippen molar-refractivity contribution in [2.45, 2.75) is 19.4 Å². The molecule has 0 bridgehead atoms. The Morgan fingerprint density at radius 1 is 1.27 bits per heavy atom. The number of rotatable bonds is 1. The summed E-state index contributed by atoms with van der Waals surface area (Å²) >= 11 is 0. The molecule has 0 fully saturated rings. The van der Waals surface area contributed by atoms with Crippen LogP contribution in [0.25, 0.3) is 10.9 Å². The SMILES string of the molecule is CC(C)(N)c1cc2ccccc2[nH]c1=O. The number of hydrogen-bond donors (Lipinski definition) is 2. The fourth-order valence-electron chi connectivity index (χ4n) is 1.63. The highest BCUT2D eigenvalue weighted by atomic mass is 16.1. The maximum absolute atomic E-state index is 11.7. The number of H-pyrrole nitrogens is 1. The molecular formula is C12H14N2O. The van der Waals surface area contributed by atoms with E-state index in [0.717, 1.165) is 10.9 Å². The monoisotopic (exact) mass is 202 g/mol. The van der Waals surface area contributed by atoms with Crippen LogP contribution in [0.5, 0.6) is 0 Å². The van der Waals surface area contributed by atoms with Crippen molar-refractivity contribution in [3.8, 4) is 0 Å². The van der Waals surface area contributed by atoms with Crippen LogP contribution in [0.2, 0.25) is 0 Å². The third kappa shape index (κ3) is 1.78. The van der Waals surface area contributed by atoms with E-state index in [2.05, 4.69) is 4.98 Å². The van der Waals surface area contributed by atoms with Gasteiger partial charge in [0.2, 0.25) is 0 Å². The summed E-state index contributed by atoms with van der Waals surface area (Å²) in [5.74, 6) is 0. The predicted octanol–water partition coefficient (Wildman–Crippen LogP) is 1.72. The van der Waals surface area contributed by atoms with E-state index in [0.29, 0.717) is 5.56 Å². The molecule has 0 aliphatic rings. The number of aromatic nitrogens is 1. The minimum absolute atomic E-state index is 0.110. The van der Waals surface area contributed by atoms with Crippen molar-refractivity contribution in [1.29, 1.82) is 0 Å². The topological polar surface area (TPSA) is 58.9 Å². The first-order valence-electron chi connectivity index (χ1n) is 4.90. The van der Waals surface area contributed by atoms with Gasteiger partial charge in [-0.3, -0.25) is 4.79 Å². The molecule has 1 heterocycles. The summed E-state index contributed by atoms with van der Waals surface area (Å²) in [6.07, 6.45) is 0. The molecule has 78 valence electrons. The number of pyridine rings is 1. The van der Waals surface area contributed by atoms with Gasteiger partial charge in [0, 0.05) is 16.6 Å². The summed E-state index contributed by atoms with van der Waals surface area (Å²) in [5.41, 5.74) is 6.66. The minimum Gasteiger partial charge on any atom is -0.322 e. The molecule has 2 rings (SSSR count). The molecule has 1 aromatic heterocycles. The van der Waals surface area contributed by atoms with Gasteiger partial charge in [-0.1, -0.05) is 18.2 Å². The van der Waals surface area contributed by atoms with Gasteiger partial charge in [-0.15, -0.1) is 0 Å². The Bertz CT molecular complexity index is 549. The number of para-hydroxylation sites is 1. The third-order valence-corrected chi connectivity index (χ3v) is 2.45. The number of nitrogens with two attached hydrogens (primary N) is 1. The molecule has 0 aliphatic carbocycles. The van der Waals surface area contributed by atoms with Crippen molar-refractivity contribution in [2.24, 2.45) is 5.73 Å². The Kier molecular flexibility index (Phi) is 2.12. The summed E-state index contributed by atoms with van der Waals surface area (Å²) in [6, 6.07) is 9.53. The maximum atomic E-state index is 11.7. The van der Waals surface area contributed by atoms with Crippen molar-refractivity contribution >= 4 is 10.9 Å². The van der Waals surface area contributed by atoms with Crippen LogP contribution in [0.15, 0.2) is 35.1 Å². The molecule has 0 saturated carbocycles. The van der Waals surface area contributed by atoms with E-state index in [1.54, 1.807) is 0 Å². The lowest BCUT2D eigenvalue weighted by Gasteiger charge is -2.18. The zero-order valence-electron chi connectivity index (χ0n) is 8.87. The van der Waals surface area contributed by atoms with Crippen LogP contribution in [-0.4, -0.2) is 4.98 Å². The van der Waals surface area contributed by atoms with Crippen LogP contribution < -0.4 is 11.3 Å². The highest BCUT2D eigenvalue weighted by molar-refractivity contribution is 5.78. The molecule has 0 aliphatic heterocycles. The van der Waals surface area contributed by atoms with Crippen LogP contribution in [0.3, 0.4) is 0 Å².